The fourth-order valence-corrected chi connectivity index (χ4v) is 22.7. The first-order chi connectivity index (χ1) is 67.2. The van der Waals surface area contributed by atoms with Crippen LogP contribution in [0.2, 0.25) is 15.1 Å². The monoisotopic (exact) mass is 2160 g/mol. The molecule has 8 atom stereocenters. The van der Waals surface area contributed by atoms with Gasteiger partial charge in [0.25, 0.3) is 0 Å². The average molecular weight is 2170 g/mol. The van der Waals surface area contributed by atoms with Crippen molar-refractivity contribution in [2.45, 2.75) is 141 Å². The van der Waals surface area contributed by atoms with Crippen molar-refractivity contribution < 1.29 is 42.5 Å². The van der Waals surface area contributed by atoms with Crippen molar-refractivity contribution in [1.82, 2.24) is 64.2 Å². The number of carbonyl (C=O) groups is 3. The maximum Gasteiger partial charge on any atom is 0.318 e. The molecule has 8 fully saturated rings. The highest BCUT2D eigenvalue weighted by molar-refractivity contribution is 7.60. The number of benzene rings is 6. The van der Waals surface area contributed by atoms with Crippen LogP contribution < -0.4 is 43.6 Å². The molecule has 30 nitrogen and oxygen atoms in total. The van der Waals surface area contributed by atoms with Crippen LogP contribution in [-0.2, 0) is 62.8 Å². The van der Waals surface area contributed by atoms with Crippen molar-refractivity contribution in [3.05, 3.63) is 230 Å². The van der Waals surface area contributed by atoms with Crippen LogP contribution in [0.4, 0.5) is 38.9 Å². The number of fused-ring (bicyclic) bond motifs is 8. The van der Waals surface area contributed by atoms with Gasteiger partial charge in [-0.2, -0.15) is 111 Å². The van der Waals surface area contributed by atoms with Gasteiger partial charge in [0, 0.05) is 198 Å². The Kier molecular flexibility index (Phi) is 43.8. The van der Waals surface area contributed by atoms with Crippen LogP contribution in [0.5, 0.6) is 18.0 Å². The van der Waals surface area contributed by atoms with Gasteiger partial charge >= 0.3 is 18.0 Å². The third kappa shape index (κ3) is 27.0. The quantitative estimate of drug-likeness (QED) is 0.0294. The van der Waals surface area contributed by atoms with Gasteiger partial charge in [-0.25, -0.2) is 24.1 Å². The summed E-state index contributed by atoms with van der Waals surface area (Å²) in [7, 11) is 4.05. The van der Waals surface area contributed by atoms with Crippen LogP contribution >= 0.6 is 116 Å². The molecule has 11 aliphatic heterocycles. The Balaban J connectivity index is 0.000000219. The number of ether oxygens (including phenoxy) is 5. The van der Waals surface area contributed by atoms with Crippen LogP contribution in [0.3, 0.4) is 0 Å². The molecule has 6 aromatic carbocycles. The lowest BCUT2D eigenvalue weighted by molar-refractivity contribution is -0.129. The number of amides is 3. The topological polar surface area (TPSA) is 230 Å². The molecule has 0 saturated carbocycles. The van der Waals surface area contributed by atoms with E-state index in [1.165, 1.54) is 12.2 Å². The molecule has 0 spiro atoms. The molecule has 3 aromatic heterocycles. The first-order valence-corrected chi connectivity index (χ1v) is 49.5. The number of morpholine rings is 2. The molecule has 9 aromatic rings. The first-order valence-electron chi connectivity index (χ1n) is 48.3. The molecule has 786 valence electrons. The molecule has 0 radical (unpaired) electrons. The SMILES string of the molecule is C.C.S.S.S.S.S.S.[C-]#[N+]C[C@H]1CN(c2nc(OCCCN3C[C@@H]4C[C@H]3CO4)nc3c2CCN(c2cccc4cccc(Cl)c24)C3)CCN1C(=O)C=C.[C-]#[N+]C[C@H]1CN(c2nc(OC[C@@H]3CC(C)(F)CN3C)nc3c2CCN(c2cccc4cccc(Cl)c24)C3)CCN1C(=O)C=C.[C-]#[N+]C[C@H]1CN(c2nc(OC[C@@H]3CCCN3C)nc3c2CCN(c2cccc4cccc(Cl)c24)C3)CCN1C(=O)/C=C/CN1CCOCC1. The highest BCUT2D eigenvalue weighted by Gasteiger charge is 2.44. The number of halogens is 4. The number of nitrogens with zero attached hydrogens (tertiary/aromatic N) is 22. The van der Waals surface area contributed by atoms with Gasteiger partial charge in [0.05, 0.1) is 84.3 Å². The van der Waals surface area contributed by atoms with Gasteiger partial charge in [0.15, 0.2) is 0 Å². The van der Waals surface area contributed by atoms with Crippen LogP contribution in [0, 0.1) is 19.7 Å². The zero-order valence-electron chi connectivity index (χ0n) is 81.9. The van der Waals surface area contributed by atoms with Gasteiger partial charge in [-0.1, -0.05) is 142 Å². The van der Waals surface area contributed by atoms with Crippen LogP contribution in [0.25, 0.3) is 46.9 Å². The Bertz CT molecular complexity index is 6170. The van der Waals surface area contributed by atoms with Gasteiger partial charge in [-0.05, 0) is 137 Å². The maximum atomic E-state index is 14.7. The highest BCUT2D eigenvalue weighted by Crippen LogP contribution is 2.44. The van der Waals surface area contributed by atoms with Crippen molar-refractivity contribution in [3.63, 3.8) is 0 Å². The molecule has 0 N–H and O–H groups in total. The number of likely N-dealkylation sites (N-methyl/N-ethyl adjacent to an activating group) is 2. The number of hydrogen-bond acceptors (Lipinski definition) is 24. The second-order valence-corrected chi connectivity index (χ2v) is 39.1. The van der Waals surface area contributed by atoms with E-state index in [-0.39, 0.29) is 170 Å². The molecule has 146 heavy (non-hydrogen) atoms. The molecule has 11 aliphatic rings. The van der Waals surface area contributed by atoms with Crippen LogP contribution in [-0.4, -0.2) is 328 Å². The largest absolute Gasteiger partial charge is 0.463 e. The third-order valence-electron chi connectivity index (χ3n) is 28.9. The van der Waals surface area contributed by atoms with E-state index in [1.54, 1.807) is 22.8 Å². The molecule has 2 bridgehead atoms. The summed E-state index contributed by atoms with van der Waals surface area (Å²) < 4.78 is 44.7. The zero-order valence-corrected chi connectivity index (χ0v) is 90.1. The summed E-state index contributed by atoms with van der Waals surface area (Å²) in [5.74, 6) is 2.13. The number of likely N-dealkylation sites (tertiary alicyclic amines) is 3. The van der Waals surface area contributed by atoms with Crippen molar-refractivity contribution >= 4 is 200 Å². The number of aromatic nitrogens is 6. The fourth-order valence-electron chi connectivity index (χ4n) is 21.9. The normalized spacial score (nSPS) is 21.6. The first kappa shape index (κ1) is 118. The molecule has 8 saturated heterocycles. The number of rotatable bonds is 25. The minimum Gasteiger partial charge on any atom is -0.463 e. The van der Waals surface area contributed by atoms with Crippen LogP contribution in [0.15, 0.2) is 147 Å². The standard InChI is InChI=1S/C37H45ClN8O3.C34H38ClN7O3.C33H37ClFN7O2.2CH4.6H2S/c1-39-23-29-24-45(17-18-46(29)34(47)12-6-15-43-19-21-48-22-20-43)36-30-13-16-44(33-11-4-8-27-7-3-10-31(38)35(27)33)25-32(30)40-37(41-36)49-26-28-9-5-14-42(28)2;1-3-31(43)42-15-14-41(19-25(42)18-36-2)33-27-11-13-40(30-10-5-8-23-7-4-9-28(35)32(23)30)21-29(27)37-34(38-33)44-16-6-12-39-20-26-17-24(39)22-45-26;1-5-29(43)42-15-14-41(18-24(42)17-36-3)31-25-12-13-40(28-11-7-9-22-8-6-10-26(34)30(22)28)19-27(25)37-32(38-31)44-20-23-16-33(2,35)21-39(23)4;;;;;;;;/h3-4,6-8,10-12,28-29H,5,9,13-26H2,2H3;3-5,7-10,24-26H,1,6,11-22H2;5-11,23-24H,1,12-21H2,2,4H3;2*1H4;6*1H2/b12-6+;;;;;;;;;;/t28-,29-;24-,25-,26-;23-,24-,33?;;;;;;;;/m000......../s1. The number of piperazine rings is 3. The van der Waals surface area contributed by atoms with E-state index in [0.29, 0.717) is 146 Å². The molecule has 0 aliphatic carbocycles. The fraction of sp³-hybridized carbons (Fsp3) is 0.491. The second-order valence-electron chi connectivity index (χ2n) is 37.9. The smallest absolute Gasteiger partial charge is 0.318 e. The van der Waals surface area contributed by atoms with E-state index < -0.39 is 5.67 Å². The minimum atomic E-state index is -1.26. The molecule has 3 amide bonds. The predicted molar refractivity (Wildman–Crippen MR) is 614 cm³/mol. The molecule has 1 unspecified atom stereocenters. The van der Waals surface area contributed by atoms with Gasteiger partial charge < -0.3 is 87.2 Å². The lowest BCUT2D eigenvalue weighted by Gasteiger charge is -2.41. The number of carbonyl (C=O) groups excluding carboxylic acids is 3. The highest BCUT2D eigenvalue weighted by atomic mass is 35.5. The van der Waals surface area contributed by atoms with Crippen molar-refractivity contribution in [3.8, 4) is 18.0 Å². The summed E-state index contributed by atoms with van der Waals surface area (Å²) in [5.41, 5.74) is 7.96. The van der Waals surface area contributed by atoms with E-state index in [9.17, 15) is 18.8 Å². The van der Waals surface area contributed by atoms with Gasteiger partial charge in [-0.15, -0.1) is 0 Å². The summed E-state index contributed by atoms with van der Waals surface area (Å²) in [6, 6.07) is 37.8. The van der Waals surface area contributed by atoms with Crippen molar-refractivity contribution in [2.24, 2.45) is 0 Å². The Morgan fingerprint density at radius 1 is 0.500 bits per heavy atom. The molecule has 40 heteroatoms. The van der Waals surface area contributed by atoms with E-state index in [1.807, 2.05) is 65.4 Å². The van der Waals surface area contributed by atoms with E-state index in [2.05, 4.69) is 146 Å². The summed E-state index contributed by atoms with van der Waals surface area (Å²) >= 11 is 20.1. The number of alkyl halides is 1. The Morgan fingerprint density at radius 2 is 0.904 bits per heavy atom. The lowest BCUT2D eigenvalue weighted by Crippen LogP contribution is -2.56. The van der Waals surface area contributed by atoms with Crippen LogP contribution in [0.1, 0.15) is 87.7 Å². The number of hydrogen-bond donors (Lipinski definition) is 0. The third-order valence-corrected chi connectivity index (χ3v) is 29.9. The van der Waals surface area contributed by atoms with Gasteiger partial charge in [0.2, 0.25) is 37.4 Å². The summed E-state index contributed by atoms with van der Waals surface area (Å²) in [6.45, 7) is 50.6. The summed E-state index contributed by atoms with van der Waals surface area (Å²) in [4.78, 5) is 107. The average Bonchev–Trinajstić information content (AvgIpc) is 0.901. The maximum absolute atomic E-state index is 14.7. The second kappa shape index (κ2) is 54.1. The Labute approximate surface area is 915 Å². The van der Waals surface area contributed by atoms with E-state index >= 15 is 0 Å². The summed E-state index contributed by atoms with van der Waals surface area (Å²) in [5, 5.41) is 8.56. The lowest BCUT2D eigenvalue weighted by atomic mass is 10.0. The number of anilines is 6. The molecular formula is C106H140Cl3FN22O8S6. The summed E-state index contributed by atoms with van der Waals surface area (Å²) in [6.07, 6.45) is 13.5. The van der Waals surface area contributed by atoms with Gasteiger partial charge in [0.1, 0.15) is 54.5 Å². The van der Waals surface area contributed by atoms with Crippen molar-refractivity contribution in [2.75, 3.05) is 227 Å². The van der Waals surface area contributed by atoms with E-state index in [4.69, 9.17) is 108 Å². The molecular weight excluding hydrogens is 2030 g/mol. The Morgan fingerprint density at radius 3 is 1.27 bits per heavy atom. The van der Waals surface area contributed by atoms with Crippen molar-refractivity contribution in [1.29, 1.82) is 0 Å². The molecule has 20 rings (SSSR count). The van der Waals surface area contributed by atoms with E-state index in [0.717, 1.165) is 228 Å². The Hall–Kier alpha value is -9.70. The zero-order chi connectivity index (χ0) is 95.7. The predicted octanol–water partition coefficient (Wildman–Crippen LogP) is 15.1. The molecule has 14 heterocycles. The minimum absolute atomic E-state index is 0. The van der Waals surface area contributed by atoms with Gasteiger partial charge in [-0.3, -0.25) is 29.1 Å².